The average Bonchev–Trinajstić information content (AvgIpc) is 3.06. The minimum atomic E-state index is -0.221. The smallest absolute Gasteiger partial charge is 0.242 e. The second-order valence-corrected chi connectivity index (χ2v) is 7.06. The van der Waals surface area contributed by atoms with Gasteiger partial charge in [0.25, 0.3) is 0 Å². The van der Waals surface area contributed by atoms with Crippen LogP contribution < -0.4 is 0 Å². The summed E-state index contributed by atoms with van der Waals surface area (Å²) in [6.45, 7) is 5.82. The Morgan fingerprint density at radius 1 is 1.30 bits per heavy atom. The number of fused-ring (bicyclic) bond motifs is 1. The largest absolute Gasteiger partial charge is 0.375 e. The lowest BCUT2D eigenvalue weighted by molar-refractivity contribution is -0.138. The lowest BCUT2D eigenvalue weighted by Gasteiger charge is -2.31. The highest BCUT2D eigenvalue weighted by Crippen LogP contribution is 2.25. The standard InChI is InChI=1S/C21H22FN3O2/c1-14-9-16(3-4-18(14)22)17-10-20-19(23-11-17)5-6-24(20)13-21(26)25-7-8-27-15(2)12-25/h3-6,9-11,15H,7-8,12-13H2,1-2H3. The first-order valence-electron chi connectivity index (χ1n) is 9.12. The van der Waals surface area contributed by atoms with Crippen molar-refractivity contribution in [2.24, 2.45) is 0 Å². The van der Waals surface area contributed by atoms with E-state index in [1.54, 1.807) is 19.2 Å². The first-order valence-corrected chi connectivity index (χ1v) is 9.12. The van der Waals surface area contributed by atoms with Crippen LogP contribution in [0.25, 0.3) is 22.2 Å². The zero-order valence-corrected chi connectivity index (χ0v) is 15.5. The van der Waals surface area contributed by atoms with E-state index in [4.69, 9.17) is 4.74 Å². The van der Waals surface area contributed by atoms with Gasteiger partial charge in [-0.2, -0.15) is 0 Å². The molecule has 1 unspecified atom stereocenters. The molecule has 1 atom stereocenters. The number of halogens is 1. The van der Waals surface area contributed by atoms with E-state index >= 15 is 0 Å². The van der Waals surface area contributed by atoms with E-state index in [1.807, 2.05) is 40.8 Å². The van der Waals surface area contributed by atoms with Gasteiger partial charge in [0.1, 0.15) is 12.4 Å². The number of hydrogen-bond acceptors (Lipinski definition) is 3. The summed E-state index contributed by atoms with van der Waals surface area (Å²) in [7, 11) is 0. The average molecular weight is 367 g/mol. The lowest BCUT2D eigenvalue weighted by atomic mass is 10.0. The molecule has 4 rings (SSSR count). The number of ether oxygens (including phenoxy) is 1. The Bertz CT molecular complexity index is 998. The lowest BCUT2D eigenvalue weighted by Crippen LogP contribution is -2.45. The van der Waals surface area contributed by atoms with Crippen molar-refractivity contribution in [2.45, 2.75) is 26.5 Å². The molecule has 0 bridgehead atoms. The number of amides is 1. The minimum absolute atomic E-state index is 0.0686. The van der Waals surface area contributed by atoms with E-state index in [9.17, 15) is 9.18 Å². The summed E-state index contributed by atoms with van der Waals surface area (Å²) in [6.07, 6.45) is 3.74. The van der Waals surface area contributed by atoms with Gasteiger partial charge in [0.15, 0.2) is 0 Å². The number of pyridine rings is 1. The summed E-state index contributed by atoms with van der Waals surface area (Å²) in [5, 5.41) is 0. The van der Waals surface area contributed by atoms with Crippen molar-refractivity contribution in [3.05, 3.63) is 54.1 Å². The Morgan fingerprint density at radius 3 is 2.93 bits per heavy atom. The van der Waals surface area contributed by atoms with Crippen LogP contribution in [0.15, 0.2) is 42.7 Å². The van der Waals surface area contributed by atoms with Crippen LogP contribution in [-0.4, -0.2) is 46.2 Å². The Kier molecular flexibility index (Phi) is 4.66. The van der Waals surface area contributed by atoms with Gasteiger partial charge in [0.05, 0.1) is 23.7 Å². The number of carbonyl (C=O) groups excluding carboxylic acids is 1. The summed E-state index contributed by atoms with van der Waals surface area (Å²) in [5.74, 6) is -0.146. The molecule has 1 aromatic carbocycles. The fourth-order valence-corrected chi connectivity index (χ4v) is 3.47. The maximum absolute atomic E-state index is 13.6. The Morgan fingerprint density at radius 2 is 2.15 bits per heavy atom. The van der Waals surface area contributed by atoms with Gasteiger partial charge in [-0.25, -0.2) is 4.39 Å². The van der Waals surface area contributed by atoms with Crippen LogP contribution in [0.1, 0.15) is 12.5 Å². The third-order valence-corrected chi connectivity index (χ3v) is 5.01. The molecule has 0 saturated carbocycles. The molecule has 140 valence electrons. The Balaban J connectivity index is 1.62. The van der Waals surface area contributed by atoms with Crippen LogP contribution in [-0.2, 0) is 16.1 Å². The highest BCUT2D eigenvalue weighted by molar-refractivity contribution is 5.84. The summed E-state index contributed by atoms with van der Waals surface area (Å²) in [5.41, 5.74) is 4.13. The number of morpholine rings is 1. The van der Waals surface area contributed by atoms with E-state index in [-0.39, 0.29) is 24.4 Å². The highest BCUT2D eigenvalue weighted by Gasteiger charge is 2.21. The van der Waals surface area contributed by atoms with Crippen LogP contribution in [0.2, 0.25) is 0 Å². The van der Waals surface area contributed by atoms with Crippen LogP contribution in [0, 0.1) is 12.7 Å². The number of nitrogens with zero attached hydrogens (tertiary/aromatic N) is 3. The van der Waals surface area contributed by atoms with Crippen molar-refractivity contribution in [2.75, 3.05) is 19.7 Å². The maximum Gasteiger partial charge on any atom is 0.242 e. The van der Waals surface area contributed by atoms with Crippen molar-refractivity contribution in [1.29, 1.82) is 0 Å². The van der Waals surface area contributed by atoms with Crippen molar-refractivity contribution in [3.8, 4) is 11.1 Å². The normalized spacial score (nSPS) is 17.4. The van der Waals surface area contributed by atoms with Crippen molar-refractivity contribution < 1.29 is 13.9 Å². The van der Waals surface area contributed by atoms with Crippen LogP contribution in [0.4, 0.5) is 4.39 Å². The molecule has 1 saturated heterocycles. The molecule has 2 aromatic heterocycles. The number of carbonyl (C=O) groups is 1. The molecule has 1 aliphatic heterocycles. The molecule has 0 spiro atoms. The van der Waals surface area contributed by atoms with Gasteiger partial charge < -0.3 is 14.2 Å². The van der Waals surface area contributed by atoms with Crippen LogP contribution in [0.3, 0.4) is 0 Å². The van der Waals surface area contributed by atoms with Gasteiger partial charge in [-0.05, 0) is 49.2 Å². The van der Waals surface area contributed by atoms with E-state index in [1.165, 1.54) is 6.07 Å². The molecular formula is C21H22FN3O2. The molecule has 0 aliphatic carbocycles. The van der Waals surface area contributed by atoms with Gasteiger partial charge in [-0.15, -0.1) is 0 Å². The quantitative estimate of drug-likeness (QED) is 0.713. The molecule has 1 amide bonds. The Labute approximate surface area is 157 Å². The number of aromatic nitrogens is 2. The molecule has 1 fully saturated rings. The van der Waals surface area contributed by atoms with Gasteiger partial charge in [-0.3, -0.25) is 9.78 Å². The SMILES string of the molecule is Cc1cc(-c2cnc3ccn(CC(=O)N4CCOC(C)C4)c3c2)ccc1F. The molecule has 3 heterocycles. The molecule has 0 N–H and O–H groups in total. The van der Waals surface area contributed by atoms with Crippen LogP contribution in [0.5, 0.6) is 0 Å². The van der Waals surface area contributed by atoms with Gasteiger partial charge in [0, 0.05) is 31.0 Å². The highest BCUT2D eigenvalue weighted by atomic mass is 19.1. The second-order valence-electron chi connectivity index (χ2n) is 7.06. The summed E-state index contributed by atoms with van der Waals surface area (Å²) >= 11 is 0. The topological polar surface area (TPSA) is 47.4 Å². The second kappa shape index (κ2) is 7.12. The summed E-state index contributed by atoms with van der Waals surface area (Å²) in [6, 6.07) is 8.94. The minimum Gasteiger partial charge on any atom is -0.375 e. The zero-order chi connectivity index (χ0) is 19.0. The summed E-state index contributed by atoms with van der Waals surface area (Å²) < 4.78 is 21.0. The summed E-state index contributed by atoms with van der Waals surface area (Å²) in [4.78, 5) is 19.0. The Hall–Kier alpha value is -2.73. The third kappa shape index (κ3) is 3.57. The van der Waals surface area contributed by atoms with Gasteiger partial charge in [-0.1, -0.05) is 6.07 Å². The number of hydrogen-bond donors (Lipinski definition) is 0. The van der Waals surface area contributed by atoms with Gasteiger partial charge >= 0.3 is 0 Å². The van der Waals surface area contributed by atoms with Crippen LogP contribution >= 0.6 is 0 Å². The van der Waals surface area contributed by atoms with E-state index < -0.39 is 0 Å². The fraction of sp³-hybridized carbons (Fsp3) is 0.333. The molecule has 6 heteroatoms. The van der Waals surface area contributed by atoms with E-state index in [2.05, 4.69) is 4.98 Å². The monoisotopic (exact) mass is 367 g/mol. The third-order valence-electron chi connectivity index (χ3n) is 5.01. The first kappa shape index (κ1) is 17.7. The zero-order valence-electron chi connectivity index (χ0n) is 15.5. The molecule has 27 heavy (non-hydrogen) atoms. The first-order chi connectivity index (χ1) is 13.0. The fourth-order valence-electron chi connectivity index (χ4n) is 3.47. The molecule has 1 aliphatic rings. The van der Waals surface area contributed by atoms with E-state index in [0.717, 1.165) is 22.2 Å². The number of aryl methyl sites for hydroxylation is 1. The molecule has 5 nitrogen and oxygen atoms in total. The number of benzene rings is 1. The predicted octanol–water partition coefficient (Wildman–Crippen LogP) is 3.40. The predicted molar refractivity (Wildman–Crippen MR) is 102 cm³/mol. The number of rotatable bonds is 3. The molecule has 0 radical (unpaired) electrons. The maximum atomic E-state index is 13.6. The van der Waals surface area contributed by atoms with Crippen molar-refractivity contribution in [3.63, 3.8) is 0 Å². The van der Waals surface area contributed by atoms with Crippen molar-refractivity contribution >= 4 is 16.9 Å². The molecule has 3 aromatic rings. The van der Waals surface area contributed by atoms with E-state index in [0.29, 0.717) is 25.3 Å². The molecular weight excluding hydrogens is 345 g/mol. The van der Waals surface area contributed by atoms with Crippen molar-refractivity contribution in [1.82, 2.24) is 14.5 Å². The van der Waals surface area contributed by atoms with Gasteiger partial charge in [0.2, 0.25) is 5.91 Å².